The molecule has 0 radical (unpaired) electrons. The Bertz CT molecular complexity index is 491. The zero-order chi connectivity index (χ0) is 16.1. The molecule has 0 bridgehead atoms. The SMILES string of the molecule is CC12CCCCC1CCC1C2CCC2(C)C1CC[C@@H]2CCC#N. The smallest absolute Gasteiger partial charge is 0.0621 e. The Morgan fingerprint density at radius 1 is 0.870 bits per heavy atom. The van der Waals surface area contributed by atoms with Crippen molar-refractivity contribution in [1.82, 2.24) is 0 Å². The van der Waals surface area contributed by atoms with Gasteiger partial charge in [-0.25, -0.2) is 0 Å². The summed E-state index contributed by atoms with van der Waals surface area (Å²) in [4.78, 5) is 0. The zero-order valence-electron chi connectivity index (χ0n) is 15.3. The molecule has 0 aliphatic heterocycles. The minimum absolute atomic E-state index is 0.565. The van der Waals surface area contributed by atoms with E-state index in [2.05, 4.69) is 19.9 Å². The van der Waals surface area contributed by atoms with Crippen LogP contribution in [0.15, 0.2) is 0 Å². The largest absolute Gasteiger partial charge is 0.198 e. The minimum Gasteiger partial charge on any atom is -0.198 e. The summed E-state index contributed by atoms with van der Waals surface area (Å²) >= 11 is 0. The van der Waals surface area contributed by atoms with E-state index >= 15 is 0 Å². The van der Waals surface area contributed by atoms with Gasteiger partial charge < -0.3 is 0 Å². The van der Waals surface area contributed by atoms with Crippen LogP contribution in [0.4, 0.5) is 0 Å². The second-order valence-electron chi connectivity index (χ2n) is 9.92. The molecule has 0 saturated heterocycles. The predicted octanol–water partition coefficient (Wildman–Crippen LogP) is 6.34. The van der Waals surface area contributed by atoms with E-state index in [-0.39, 0.29) is 0 Å². The Balaban J connectivity index is 1.57. The van der Waals surface area contributed by atoms with E-state index in [1.165, 1.54) is 70.6 Å². The van der Waals surface area contributed by atoms with Gasteiger partial charge in [-0.1, -0.05) is 26.7 Å². The highest BCUT2D eigenvalue weighted by molar-refractivity contribution is 5.08. The minimum atomic E-state index is 0.565. The van der Waals surface area contributed by atoms with Crippen LogP contribution in [0.3, 0.4) is 0 Å². The van der Waals surface area contributed by atoms with Crippen molar-refractivity contribution in [3.05, 3.63) is 0 Å². The van der Waals surface area contributed by atoms with Gasteiger partial charge in [-0.3, -0.25) is 0 Å². The highest BCUT2D eigenvalue weighted by Crippen LogP contribution is 2.67. The molecule has 1 heteroatoms. The standard InChI is InChI=1S/C22H35N/c1-21-13-4-3-6-16(21)8-10-18-19-11-9-17(7-5-15-23)22(19,2)14-12-20(18)21/h16-20H,3-14H2,1-2H3/t16?,17-,18?,19?,20?,21?,22?/m0/s1. The molecule has 4 saturated carbocycles. The molecule has 0 amide bonds. The Hall–Kier alpha value is -0.510. The first-order chi connectivity index (χ1) is 11.1. The number of nitrogens with zero attached hydrogens (tertiary/aromatic N) is 1. The van der Waals surface area contributed by atoms with Crippen molar-refractivity contribution in [1.29, 1.82) is 5.26 Å². The molecular formula is C22H35N. The molecule has 0 aromatic rings. The van der Waals surface area contributed by atoms with E-state index < -0.39 is 0 Å². The molecule has 0 aromatic carbocycles. The first kappa shape index (κ1) is 16.0. The lowest BCUT2D eigenvalue weighted by atomic mass is 9.45. The van der Waals surface area contributed by atoms with E-state index in [4.69, 9.17) is 5.26 Å². The molecule has 23 heavy (non-hydrogen) atoms. The van der Waals surface area contributed by atoms with Crippen molar-refractivity contribution in [3.63, 3.8) is 0 Å². The van der Waals surface area contributed by atoms with Crippen LogP contribution in [0.5, 0.6) is 0 Å². The zero-order valence-corrected chi connectivity index (χ0v) is 15.3. The molecule has 0 spiro atoms. The molecule has 4 fully saturated rings. The highest BCUT2D eigenvalue weighted by atomic mass is 14.6. The molecule has 4 aliphatic rings. The summed E-state index contributed by atoms with van der Waals surface area (Å²) in [6.45, 7) is 5.29. The summed E-state index contributed by atoms with van der Waals surface area (Å²) < 4.78 is 0. The fraction of sp³-hybridized carbons (Fsp3) is 0.955. The Morgan fingerprint density at radius 2 is 1.70 bits per heavy atom. The lowest BCUT2D eigenvalue weighted by Gasteiger charge is -2.60. The fourth-order valence-corrected chi connectivity index (χ4v) is 8.12. The molecular weight excluding hydrogens is 278 g/mol. The Morgan fingerprint density at radius 3 is 2.52 bits per heavy atom. The van der Waals surface area contributed by atoms with Crippen LogP contribution >= 0.6 is 0 Å². The third kappa shape index (κ3) is 2.31. The highest BCUT2D eigenvalue weighted by Gasteiger charge is 2.59. The maximum Gasteiger partial charge on any atom is 0.0621 e. The monoisotopic (exact) mass is 313 g/mol. The van der Waals surface area contributed by atoms with Gasteiger partial charge in [0.15, 0.2) is 0 Å². The summed E-state index contributed by atoms with van der Waals surface area (Å²) in [5.74, 6) is 4.89. The van der Waals surface area contributed by atoms with Crippen molar-refractivity contribution in [3.8, 4) is 6.07 Å². The van der Waals surface area contributed by atoms with Gasteiger partial charge in [0.25, 0.3) is 0 Å². The van der Waals surface area contributed by atoms with E-state index in [1.54, 1.807) is 0 Å². The van der Waals surface area contributed by atoms with E-state index in [0.717, 1.165) is 36.0 Å². The van der Waals surface area contributed by atoms with E-state index in [0.29, 0.717) is 10.8 Å². The average molecular weight is 314 g/mol. The Kier molecular flexibility index (Phi) is 4.02. The lowest BCUT2D eigenvalue weighted by Crippen LogP contribution is -2.52. The predicted molar refractivity (Wildman–Crippen MR) is 94.7 cm³/mol. The number of rotatable bonds is 2. The fourth-order valence-electron chi connectivity index (χ4n) is 8.12. The van der Waals surface area contributed by atoms with Gasteiger partial charge in [-0.2, -0.15) is 5.26 Å². The second kappa shape index (κ2) is 5.79. The van der Waals surface area contributed by atoms with E-state index in [9.17, 15) is 0 Å². The number of hydrogen-bond donors (Lipinski definition) is 0. The average Bonchev–Trinajstić information content (AvgIpc) is 2.89. The molecule has 1 nitrogen and oxygen atoms in total. The number of fused-ring (bicyclic) bond motifs is 5. The van der Waals surface area contributed by atoms with Gasteiger partial charge in [0.05, 0.1) is 6.07 Å². The summed E-state index contributed by atoms with van der Waals surface area (Å²) in [5, 5.41) is 9.01. The van der Waals surface area contributed by atoms with Crippen LogP contribution in [0.25, 0.3) is 0 Å². The van der Waals surface area contributed by atoms with Crippen LogP contribution in [0.2, 0.25) is 0 Å². The summed E-state index contributed by atoms with van der Waals surface area (Å²) in [5.41, 5.74) is 1.24. The lowest BCUT2D eigenvalue weighted by molar-refractivity contribution is -0.111. The molecule has 0 heterocycles. The van der Waals surface area contributed by atoms with Gasteiger partial charge in [0.2, 0.25) is 0 Å². The molecule has 0 aromatic heterocycles. The van der Waals surface area contributed by atoms with Gasteiger partial charge in [0, 0.05) is 6.42 Å². The first-order valence-corrected chi connectivity index (χ1v) is 10.5. The van der Waals surface area contributed by atoms with Gasteiger partial charge >= 0.3 is 0 Å². The summed E-state index contributed by atoms with van der Waals surface area (Å²) in [6, 6.07) is 2.41. The first-order valence-electron chi connectivity index (χ1n) is 10.5. The molecule has 6 unspecified atom stereocenters. The van der Waals surface area contributed by atoms with Crippen LogP contribution < -0.4 is 0 Å². The number of hydrogen-bond acceptors (Lipinski definition) is 1. The molecule has 4 rings (SSSR count). The van der Waals surface area contributed by atoms with Crippen LogP contribution in [-0.4, -0.2) is 0 Å². The van der Waals surface area contributed by atoms with Gasteiger partial charge in [-0.05, 0) is 98.2 Å². The van der Waals surface area contributed by atoms with Crippen molar-refractivity contribution < 1.29 is 0 Å². The summed E-state index contributed by atoms with van der Waals surface area (Å²) in [7, 11) is 0. The quantitative estimate of drug-likeness (QED) is 0.583. The maximum atomic E-state index is 9.01. The van der Waals surface area contributed by atoms with Gasteiger partial charge in [0.1, 0.15) is 0 Å². The van der Waals surface area contributed by atoms with Crippen molar-refractivity contribution in [2.24, 2.45) is 40.4 Å². The van der Waals surface area contributed by atoms with Gasteiger partial charge in [-0.15, -0.1) is 0 Å². The molecule has 128 valence electrons. The normalized spacial score (nSPS) is 52.1. The Labute approximate surface area is 143 Å². The van der Waals surface area contributed by atoms with Crippen molar-refractivity contribution in [2.45, 2.75) is 90.9 Å². The summed E-state index contributed by atoms with van der Waals surface area (Å²) in [6.07, 6.45) is 16.8. The van der Waals surface area contributed by atoms with Crippen LogP contribution in [0, 0.1) is 51.8 Å². The van der Waals surface area contributed by atoms with Crippen LogP contribution in [-0.2, 0) is 0 Å². The van der Waals surface area contributed by atoms with E-state index in [1.807, 2.05) is 0 Å². The maximum absolute atomic E-state index is 9.01. The third-order valence-corrected chi connectivity index (χ3v) is 9.38. The third-order valence-electron chi connectivity index (χ3n) is 9.38. The molecule has 0 N–H and O–H groups in total. The number of nitriles is 1. The molecule has 7 atom stereocenters. The van der Waals surface area contributed by atoms with Crippen LogP contribution in [0.1, 0.15) is 90.9 Å². The van der Waals surface area contributed by atoms with Crippen molar-refractivity contribution >= 4 is 0 Å². The second-order valence-corrected chi connectivity index (χ2v) is 9.92. The van der Waals surface area contributed by atoms with Crippen molar-refractivity contribution in [2.75, 3.05) is 0 Å². The molecule has 4 aliphatic carbocycles. The topological polar surface area (TPSA) is 23.8 Å².